The van der Waals surface area contributed by atoms with Crippen molar-refractivity contribution in [3.05, 3.63) is 29.8 Å². The van der Waals surface area contributed by atoms with E-state index in [1.54, 1.807) is 0 Å². The van der Waals surface area contributed by atoms with E-state index in [0.29, 0.717) is 18.3 Å². The van der Waals surface area contributed by atoms with Gasteiger partial charge in [-0.25, -0.2) is 0 Å². The molecule has 0 aliphatic heterocycles. The van der Waals surface area contributed by atoms with Crippen LogP contribution in [0.1, 0.15) is 39.2 Å². The minimum atomic E-state index is -0.617. The fraction of sp³-hybridized carbons (Fsp3) is 0.556. The lowest BCUT2D eigenvalue weighted by Crippen LogP contribution is -2.36. The molecule has 0 heterocycles. The van der Waals surface area contributed by atoms with Crippen LogP contribution in [0.5, 0.6) is 0 Å². The summed E-state index contributed by atoms with van der Waals surface area (Å²) < 4.78 is 0. The molecule has 0 bridgehead atoms. The van der Waals surface area contributed by atoms with Gasteiger partial charge in [-0.2, -0.15) is 0 Å². The molecule has 1 aromatic rings. The molecule has 0 saturated heterocycles. The van der Waals surface area contributed by atoms with Crippen LogP contribution in [-0.2, 0) is 16.0 Å². The lowest BCUT2D eigenvalue weighted by molar-refractivity contribution is -0.136. The Kier molecular flexibility index (Phi) is 8.33. The van der Waals surface area contributed by atoms with Crippen molar-refractivity contribution in [3.63, 3.8) is 0 Å². The number of carbonyl (C=O) groups is 2. The van der Waals surface area contributed by atoms with Gasteiger partial charge in [-0.15, -0.1) is 0 Å². The van der Waals surface area contributed by atoms with Gasteiger partial charge in [-0.3, -0.25) is 9.59 Å². The Balaban J connectivity index is 2.24. The zero-order valence-corrected chi connectivity index (χ0v) is 14.7. The third-order valence-electron chi connectivity index (χ3n) is 3.93. The van der Waals surface area contributed by atoms with Crippen molar-refractivity contribution in [1.82, 2.24) is 10.2 Å². The van der Waals surface area contributed by atoms with E-state index in [1.807, 2.05) is 24.3 Å². The molecular formula is C18H29N3O2. The summed E-state index contributed by atoms with van der Waals surface area (Å²) in [6, 6.07) is 8.03. The normalized spacial score (nSPS) is 10.9. The maximum Gasteiger partial charge on any atom is 0.313 e. The Labute approximate surface area is 139 Å². The van der Waals surface area contributed by atoms with Crippen LogP contribution in [0.2, 0.25) is 0 Å². The molecule has 0 aliphatic carbocycles. The van der Waals surface area contributed by atoms with Gasteiger partial charge in [0.15, 0.2) is 0 Å². The molecule has 5 heteroatoms. The first-order valence-corrected chi connectivity index (χ1v) is 8.32. The van der Waals surface area contributed by atoms with Crippen molar-refractivity contribution >= 4 is 17.5 Å². The molecule has 0 saturated carbocycles. The maximum absolute atomic E-state index is 11.8. The van der Waals surface area contributed by atoms with Crippen molar-refractivity contribution in [2.24, 2.45) is 0 Å². The number of anilines is 1. The van der Waals surface area contributed by atoms with Gasteiger partial charge in [0.05, 0.1) is 0 Å². The van der Waals surface area contributed by atoms with Crippen LogP contribution < -0.4 is 10.6 Å². The molecule has 0 spiro atoms. The molecule has 23 heavy (non-hydrogen) atoms. The minimum absolute atomic E-state index is 0.521. The number of amides is 2. The number of unbranched alkanes of at least 4 members (excludes halogenated alkanes) is 1. The zero-order valence-electron chi connectivity index (χ0n) is 14.7. The topological polar surface area (TPSA) is 61.4 Å². The number of aryl methyl sites for hydroxylation is 1. The number of hydrogen-bond acceptors (Lipinski definition) is 3. The Morgan fingerprint density at radius 2 is 1.74 bits per heavy atom. The highest BCUT2D eigenvalue weighted by molar-refractivity contribution is 6.39. The number of hydrogen-bond donors (Lipinski definition) is 2. The van der Waals surface area contributed by atoms with Gasteiger partial charge < -0.3 is 15.5 Å². The van der Waals surface area contributed by atoms with E-state index in [1.165, 1.54) is 5.56 Å². The molecule has 128 valence electrons. The first-order valence-electron chi connectivity index (χ1n) is 8.32. The van der Waals surface area contributed by atoms with Crippen molar-refractivity contribution < 1.29 is 9.59 Å². The van der Waals surface area contributed by atoms with Crippen LogP contribution in [0.4, 0.5) is 5.69 Å². The summed E-state index contributed by atoms with van der Waals surface area (Å²) in [5.74, 6) is -1.20. The summed E-state index contributed by atoms with van der Waals surface area (Å²) in [6.45, 7) is 7.88. The quantitative estimate of drug-likeness (QED) is 0.571. The molecule has 0 unspecified atom stereocenters. The van der Waals surface area contributed by atoms with Gasteiger partial charge in [0.1, 0.15) is 0 Å². The zero-order chi connectivity index (χ0) is 17.2. The van der Waals surface area contributed by atoms with Gasteiger partial charge in [0, 0.05) is 18.3 Å². The summed E-state index contributed by atoms with van der Waals surface area (Å²) in [6.07, 6.45) is 2.80. The first-order chi connectivity index (χ1) is 10.9. The van der Waals surface area contributed by atoms with Crippen LogP contribution in [0.25, 0.3) is 0 Å². The Bertz CT molecular complexity index is 497. The highest BCUT2D eigenvalue weighted by Crippen LogP contribution is 2.09. The smallest absolute Gasteiger partial charge is 0.313 e. The summed E-state index contributed by atoms with van der Waals surface area (Å²) in [5.41, 5.74) is 1.83. The number of carbonyl (C=O) groups excluding carboxylic acids is 2. The predicted molar refractivity (Wildman–Crippen MR) is 94.5 cm³/mol. The first kappa shape index (κ1) is 19.2. The predicted octanol–water partition coefficient (Wildman–Crippen LogP) is 2.42. The highest BCUT2D eigenvalue weighted by atomic mass is 16.2. The molecule has 0 aliphatic rings. The summed E-state index contributed by atoms with van der Waals surface area (Å²) in [5, 5.41) is 5.27. The molecule has 0 aromatic heterocycles. The van der Waals surface area contributed by atoms with Crippen LogP contribution in [0.3, 0.4) is 0 Å². The highest BCUT2D eigenvalue weighted by Gasteiger charge is 2.12. The molecule has 1 aromatic carbocycles. The standard InChI is InChI=1S/C18H29N3O2/c1-5-15-8-10-16(11-9-15)20-18(23)17(22)19-12-6-7-13-21(4)14(2)3/h8-11,14H,5-7,12-13H2,1-4H3,(H,19,22)(H,20,23). The molecule has 1 rings (SSSR count). The van der Waals surface area contributed by atoms with Gasteiger partial charge >= 0.3 is 11.8 Å². The van der Waals surface area contributed by atoms with Gasteiger partial charge in [0.2, 0.25) is 0 Å². The fourth-order valence-corrected chi connectivity index (χ4v) is 2.04. The summed E-state index contributed by atoms with van der Waals surface area (Å²) >= 11 is 0. The van der Waals surface area contributed by atoms with Crippen molar-refractivity contribution in [1.29, 1.82) is 0 Å². The maximum atomic E-state index is 11.8. The monoisotopic (exact) mass is 319 g/mol. The number of nitrogens with one attached hydrogen (secondary N) is 2. The lowest BCUT2D eigenvalue weighted by atomic mass is 10.1. The molecule has 2 N–H and O–H groups in total. The van der Waals surface area contributed by atoms with E-state index < -0.39 is 11.8 Å². The third-order valence-corrected chi connectivity index (χ3v) is 3.93. The second kappa shape index (κ2) is 10.0. The van der Waals surface area contributed by atoms with Crippen LogP contribution >= 0.6 is 0 Å². The SMILES string of the molecule is CCc1ccc(NC(=O)C(=O)NCCCCN(C)C(C)C)cc1. The van der Waals surface area contributed by atoms with E-state index in [2.05, 4.69) is 43.4 Å². The molecule has 0 radical (unpaired) electrons. The van der Waals surface area contributed by atoms with E-state index in [-0.39, 0.29) is 0 Å². The van der Waals surface area contributed by atoms with Crippen molar-refractivity contribution in [2.45, 2.75) is 46.1 Å². The van der Waals surface area contributed by atoms with E-state index in [9.17, 15) is 9.59 Å². The molecule has 5 nitrogen and oxygen atoms in total. The average Bonchev–Trinajstić information content (AvgIpc) is 2.54. The Morgan fingerprint density at radius 3 is 2.30 bits per heavy atom. The largest absolute Gasteiger partial charge is 0.348 e. The summed E-state index contributed by atoms with van der Waals surface area (Å²) in [7, 11) is 2.08. The summed E-state index contributed by atoms with van der Waals surface area (Å²) in [4.78, 5) is 25.8. The van der Waals surface area contributed by atoms with E-state index >= 15 is 0 Å². The second-order valence-electron chi connectivity index (χ2n) is 6.04. The average molecular weight is 319 g/mol. The number of benzene rings is 1. The number of nitrogens with zero attached hydrogens (tertiary/aromatic N) is 1. The van der Waals surface area contributed by atoms with E-state index in [4.69, 9.17) is 0 Å². The number of rotatable bonds is 8. The van der Waals surface area contributed by atoms with Crippen molar-refractivity contribution in [3.8, 4) is 0 Å². The van der Waals surface area contributed by atoms with Crippen LogP contribution in [-0.4, -0.2) is 42.9 Å². The van der Waals surface area contributed by atoms with Gasteiger partial charge in [-0.05, 0) is 64.4 Å². The van der Waals surface area contributed by atoms with Crippen molar-refractivity contribution in [2.75, 3.05) is 25.5 Å². The Morgan fingerprint density at radius 1 is 1.09 bits per heavy atom. The van der Waals surface area contributed by atoms with Crippen LogP contribution in [0, 0.1) is 0 Å². The molecular weight excluding hydrogens is 290 g/mol. The van der Waals surface area contributed by atoms with Gasteiger partial charge in [0.25, 0.3) is 0 Å². The van der Waals surface area contributed by atoms with Gasteiger partial charge in [-0.1, -0.05) is 19.1 Å². The van der Waals surface area contributed by atoms with E-state index in [0.717, 1.165) is 25.8 Å². The fourth-order valence-electron chi connectivity index (χ4n) is 2.04. The molecule has 0 fully saturated rings. The Hall–Kier alpha value is -1.88. The van der Waals surface area contributed by atoms with Crippen LogP contribution in [0.15, 0.2) is 24.3 Å². The third kappa shape index (κ3) is 7.28. The minimum Gasteiger partial charge on any atom is -0.348 e. The second-order valence-corrected chi connectivity index (χ2v) is 6.04. The lowest BCUT2D eigenvalue weighted by Gasteiger charge is -2.20. The molecule has 2 amide bonds. The molecule has 0 atom stereocenters.